The van der Waals surface area contributed by atoms with Crippen LogP contribution in [0.5, 0.6) is 0 Å². The Kier molecular flexibility index (Phi) is 6.02. The van der Waals surface area contributed by atoms with Crippen LogP contribution in [0.25, 0.3) is 22.6 Å². The van der Waals surface area contributed by atoms with Gasteiger partial charge in [-0.3, -0.25) is 4.79 Å². The number of aromatic nitrogens is 1. The Morgan fingerprint density at radius 2 is 1.91 bits per heavy atom. The second-order valence-electron chi connectivity index (χ2n) is 9.02. The highest BCUT2D eigenvalue weighted by atomic mass is 32.1. The molecule has 3 heterocycles. The van der Waals surface area contributed by atoms with E-state index >= 15 is 0 Å². The number of allylic oxidation sites excluding steroid dienone is 1. The Bertz CT molecular complexity index is 1220. The van der Waals surface area contributed by atoms with Crippen molar-refractivity contribution in [1.29, 1.82) is 0 Å². The summed E-state index contributed by atoms with van der Waals surface area (Å²) in [5.74, 6) is -0.552. The maximum absolute atomic E-state index is 13.4. The van der Waals surface area contributed by atoms with Gasteiger partial charge in [0.25, 0.3) is 5.91 Å². The summed E-state index contributed by atoms with van der Waals surface area (Å²) < 4.78 is 5.64. The van der Waals surface area contributed by atoms with Gasteiger partial charge in [0, 0.05) is 22.3 Å². The van der Waals surface area contributed by atoms with Crippen LogP contribution >= 0.6 is 11.3 Å². The Balaban J connectivity index is 1.45. The molecule has 0 bridgehead atoms. The van der Waals surface area contributed by atoms with Gasteiger partial charge in [0.1, 0.15) is 0 Å². The molecule has 2 aliphatic rings. The Hall–Kier alpha value is -2.99. The summed E-state index contributed by atoms with van der Waals surface area (Å²) in [4.78, 5) is 34.2. The monoisotopic (exact) mass is 460 g/mol. The molecule has 5 rings (SSSR count). The van der Waals surface area contributed by atoms with Gasteiger partial charge in [0.2, 0.25) is 0 Å². The van der Waals surface area contributed by atoms with Crippen molar-refractivity contribution in [3.63, 3.8) is 0 Å². The van der Waals surface area contributed by atoms with E-state index in [0.717, 1.165) is 59.8 Å². The average molecular weight is 461 g/mol. The maximum Gasteiger partial charge on any atom is 0.339 e. The van der Waals surface area contributed by atoms with Crippen LogP contribution in [0.15, 0.2) is 41.8 Å². The van der Waals surface area contributed by atoms with Crippen molar-refractivity contribution in [1.82, 2.24) is 9.88 Å². The minimum atomic E-state index is -0.437. The summed E-state index contributed by atoms with van der Waals surface area (Å²) in [6, 6.07) is 12.1. The highest BCUT2D eigenvalue weighted by Gasteiger charge is 2.31. The topological polar surface area (TPSA) is 59.5 Å². The molecular formula is C27H28N2O3S. The number of hydrogen-bond acceptors (Lipinski definition) is 5. The van der Waals surface area contributed by atoms with Gasteiger partial charge in [0.05, 0.1) is 16.8 Å². The first-order valence-electron chi connectivity index (χ1n) is 11.7. The van der Waals surface area contributed by atoms with Gasteiger partial charge in [-0.1, -0.05) is 24.3 Å². The fraction of sp³-hybridized carbons (Fsp3) is 0.370. The van der Waals surface area contributed by atoms with Crippen LogP contribution in [0.3, 0.4) is 0 Å². The summed E-state index contributed by atoms with van der Waals surface area (Å²) in [6.07, 6.45) is 6.84. The van der Waals surface area contributed by atoms with Gasteiger partial charge in [-0.25, -0.2) is 9.78 Å². The number of amides is 1. The summed E-state index contributed by atoms with van der Waals surface area (Å²) in [7, 11) is 0. The molecule has 1 fully saturated rings. The maximum atomic E-state index is 13.4. The Morgan fingerprint density at radius 3 is 2.67 bits per heavy atom. The summed E-state index contributed by atoms with van der Waals surface area (Å²) in [5.41, 5.74) is 4.26. The quantitative estimate of drug-likeness (QED) is 0.467. The summed E-state index contributed by atoms with van der Waals surface area (Å²) in [5, 5.41) is 2.84. The first kappa shape index (κ1) is 21.8. The lowest BCUT2D eigenvalue weighted by Crippen LogP contribution is -2.49. The molecule has 1 saturated heterocycles. The molecule has 3 aromatic rings. The number of pyridine rings is 1. The highest BCUT2D eigenvalue weighted by Crippen LogP contribution is 2.38. The molecule has 1 amide bonds. The van der Waals surface area contributed by atoms with Crippen LogP contribution in [-0.4, -0.2) is 40.5 Å². The Morgan fingerprint density at radius 1 is 1.12 bits per heavy atom. The van der Waals surface area contributed by atoms with Crippen molar-refractivity contribution in [2.24, 2.45) is 0 Å². The van der Waals surface area contributed by atoms with Crippen LogP contribution in [0, 0.1) is 0 Å². The van der Waals surface area contributed by atoms with Crippen molar-refractivity contribution < 1.29 is 14.3 Å². The Labute approximate surface area is 198 Å². The SMILES string of the molecule is CC1CCCC(C)N1C(=O)COC(=O)c1c2c(nc3ccccc13)C(=Cc1cccs1)CC2. The molecule has 0 saturated carbocycles. The third-order valence-electron chi connectivity index (χ3n) is 6.81. The van der Waals surface area contributed by atoms with Gasteiger partial charge in [-0.2, -0.15) is 0 Å². The van der Waals surface area contributed by atoms with Crippen LogP contribution in [0.4, 0.5) is 0 Å². The average Bonchev–Trinajstić information content (AvgIpc) is 3.46. The number of benzene rings is 1. The number of thiophene rings is 1. The molecule has 1 aliphatic carbocycles. The van der Waals surface area contributed by atoms with Gasteiger partial charge in [0.15, 0.2) is 6.61 Å². The van der Waals surface area contributed by atoms with Gasteiger partial charge >= 0.3 is 5.97 Å². The third-order valence-corrected chi connectivity index (χ3v) is 7.63. The van der Waals surface area contributed by atoms with Crippen molar-refractivity contribution in [3.8, 4) is 0 Å². The number of piperidine rings is 1. The lowest BCUT2D eigenvalue weighted by molar-refractivity contribution is -0.140. The molecule has 170 valence electrons. The first-order valence-corrected chi connectivity index (χ1v) is 12.5. The van der Waals surface area contributed by atoms with E-state index < -0.39 is 5.97 Å². The largest absolute Gasteiger partial charge is 0.452 e. The highest BCUT2D eigenvalue weighted by molar-refractivity contribution is 7.10. The van der Waals surface area contributed by atoms with E-state index in [0.29, 0.717) is 5.56 Å². The van der Waals surface area contributed by atoms with Gasteiger partial charge in [-0.15, -0.1) is 11.3 Å². The van der Waals surface area contributed by atoms with E-state index in [1.54, 1.807) is 11.3 Å². The number of esters is 1. The molecule has 0 radical (unpaired) electrons. The summed E-state index contributed by atoms with van der Waals surface area (Å²) in [6.45, 7) is 3.91. The third kappa shape index (κ3) is 4.20. The zero-order valence-electron chi connectivity index (χ0n) is 19.0. The smallest absolute Gasteiger partial charge is 0.339 e. The lowest BCUT2D eigenvalue weighted by Gasteiger charge is -2.38. The number of rotatable bonds is 4. The van der Waals surface area contributed by atoms with E-state index in [1.807, 2.05) is 35.2 Å². The zero-order valence-corrected chi connectivity index (χ0v) is 19.9. The minimum absolute atomic E-state index is 0.115. The van der Waals surface area contributed by atoms with Gasteiger partial charge in [-0.05, 0) is 80.7 Å². The second-order valence-corrected chi connectivity index (χ2v) is 10.0. The van der Waals surface area contributed by atoms with Crippen molar-refractivity contribution in [2.75, 3.05) is 6.61 Å². The number of ether oxygens (including phenoxy) is 1. The van der Waals surface area contributed by atoms with Crippen LogP contribution < -0.4 is 0 Å². The molecular weight excluding hydrogens is 432 g/mol. The van der Waals surface area contributed by atoms with Crippen molar-refractivity contribution >= 4 is 45.8 Å². The van der Waals surface area contributed by atoms with E-state index in [2.05, 4.69) is 31.4 Å². The predicted molar refractivity (Wildman–Crippen MR) is 132 cm³/mol. The molecule has 1 aliphatic heterocycles. The molecule has 6 heteroatoms. The number of hydrogen-bond donors (Lipinski definition) is 0. The molecule has 5 nitrogen and oxygen atoms in total. The van der Waals surface area contributed by atoms with Crippen LogP contribution in [0.2, 0.25) is 0 Å². The van der Waals surface area contributed by atoms with Crippen molar-refractivity contribution in [2.45, 2.75) is 58.0 Å². The predicted octanol–water partition coefficient (Wildman–Crippen LogP) is 5.73. The number of carbonyl (C=O) groups excluding carboxylic acids is 2. The fourth-order valence-corrected chi connectivity index (χ4v) is 5.93. The molecule has 1 aromatic carbocycles. The lowest BCUT2D eigenvalue weighted by atomic mass is 9.97. The van der Waals surface area contributed by atoms with E-state index in [-0.39, 0.29) is 24.6 Å². The van der Waals surface area contributed by atoms with E-state index in [1.165, 1.54) is 4.88 Å². The molecule has 33 heavy (non-hydrogen) atoms. The van der Waals surface area contributed by atoms with E-state index in [9.17, 15) is 9.59 Å². The van der Waals surface area contributed by atoms with Crippen LogP contribution in [-0.2, 0) is 16.0 Å². The van der Waals surface area contributed by atoms with Crippen molar-refractivity contribution in [3.05, 3.63) is 63.5 Å². The number of fused-ring (bicyclic) bond motifs is 2. The first-order chi connectivity index (χ1) is 16.0. The fourth-order valence-electron chi connectivity index (χ4n) is 5.24. The summed E-state index contributed by atoms with van der Waals surface area (Å²) >= 11 is 1.69. The normalized spacial score (nSPS) is 21.4. The van der Waals surface area contributed by atoms with Crippen LogP contribution in [0.1, 0.15) is 66.0 Å². The standard InChI is InChI=1S/C27H28N2O3S/c1-17-7-5-8-18(2)29(17)24(30)16-32-27(31)25-21-10-3-4-11-23(21)28-26-19(12-13-22(25)26)15-20-9-6-14-33-20/h3-4,6,9-11,14-15,17-18H,5,7-8,12-13,16H2,1-2H3. The van der Waals surface area contributed by atoms with E-state index in [4.69, 9.17) is 9.72 Å². The molecule has 0 N–H and O–H groups in total. The zero-order chi connectivity index (χ0) is 22.9. The minimum Gasteiger partial charge on any atom is -0.452 e. The number of nitrogens with zero attached hydrogens (tertiary/aromatic N) is 2. The molecule has 2 aromatic heterocycles. The van der Waals surface area contributed by atoms with Gasteiger partial charge < -0.3 is 9.64 Å². The molecule has 2 unspecified atom stereocenters. The number of likely N-dealkylation sites (tertiary alicyclic amines) is 1. The second kappa shape index (κ2) is 9.10. The molecule has 2 atom stereocenters. The number of carbonyl (C=O) groups is 2. The number of para-hydroxylation sites is 1. The molecule has 0 spiro atoms.